The molecule has 20 heavy (non-hydrogen) atoms. The molecule has 102 valence electrons. The topological polar surface area (TPSA) is 117 Å². The van der Waals surface area contributed by atoms with Gasteiger partial charge in [0, 0.05) is 0 Å². The monoisotopic (exact) mass is 273 g/mol. The van der Waals surface area contributed by atoms with E-state index < -0.39 is 12.0 Å². The normalized spacial score (nSPS) is 9.85. The summed E-state index contributed by atoms with van der Waals surface area (Å²) in [6, 6.07) is 4.06. The first kappa shape index (κ1) is 13.4. The van der Waals surface area contributed by atoms with E-state index in [-0.39, 0.29) is 17.2 Å². The molecule has 2 amide bonds. The number of aromatic nitrogens is 3. The summed E-state index contributed by atoms with van der Waals surface area (Å²) in [6.07, 6.45) is 2.74. The van der Waals surface area contributed by atoms with Gasteiger partial charge in [-0.2, -0.15) is 5.10 Å². The summed E-state index contributed by atoms with van der Waals surface area (Å²) in [7, 11) is 0. The highest BCUT2D eigenvalue weighted by atomic mass is 16.4. The lowest BCUT2D eigenvalue weighted by Gasteiger charge is -2.11. The molecule has 1 heterocycles. The summed E-state index contributed by atoms with van der Waals surface area (Å²) in [4.78, 5) is 26.7. The summed E-state index contributed by atoms with van der Waals surface area (Å²) in [5, 5.41) is 21.1. The molecular weight excluding hydrogens is 262 g/mol. The number of urea groups is 1. The fourth-order valence-corrected chi connectivity index (χ4v) is 1.56. The van der Waals surface area contributed by atoms with Crippen molar-refractivity contribution in [2.45, 2.75) is 6.92 Å². The van der Waals surface area contributed by atoms with Gasteiger partial charge in [0.05, 0.1) is 23.6 Å². The lowest BCUT2D eigenvalue weighted by molar-refractivity contribution is 0.0698. The van der Waals surface area contributed by atoms with Gasteiger partial charge in [0.25, 0.3) is 5.95 Å². The van der Waals surface area contributed by atoms with Crippen molar-refractivity contribution in [2.24, 2.45) is 0 Å². The number of amides is 2. The minimum atomic E-state index is -1.12. The minimum absolute atomic E-state index is 0.00672. The van der Waals surface area contributed by atoms with Crippen molar-refractivity contribution in [1.82, 2.24) is 15.2 Å². The molecular formula is C12H11N5O3. The largest absolute Gasteiger partial charge is 0.478 e. The molecule has 0 unspecified atom stereocenters. The number of carboxylic acid groups (broad SMARTS) is 1. The molecule has 0 bridgehead atoms. The van der Waals surface area contributed by atoms with Crippen LogP contribution in [0.4, 0.5) is 16.4 Å². The smallest absolute Gasteiger partial charge is 0.337 e. The van der Waals surface area contributed by atoms with Gasteiger partial charge in [0.1, 0.15) is 0 Å². The first-order valence-electron chi connectivity index (χ1n) is 5.62. The molecule has 2 aromatic rings. The van der Waals surface area contributed by atoms with Crippen molar-refractivity contribution >= 4 is 23.6 Å². The zero-order chi connectivity index (χ0) is 14.5. The number of nitrogens with zero attached hydrogens (tertiary/aromatic N) is 3. The molecule has 0 saturated carbocycles. The molecule has 1 aromatic heterocycles. The van der Waals surface area contributed by atoms with Gasteiger partial charge in [-0.05, 0) is 18.6 Å². The van der Waals surface area contributed by atoms with Gasteiger partial charge in [0.2, 0.25) is 0 Å². The third-order valence-corrected chi connectivity index (χ3v) is 2.45. The van der Waals surface area contributed by atoms with Gasteiger partial charge in [0.15, 0.2) is 0 Å². The van der Waals surface area contributed by atoms with Crippen LogP contribution in [-0.2, 0) is 0 Å². The Hall–Kier alpha value is -3.03. The van der Waals surface area contributed by atoms with Crippen LogP contribution in [0.15, 0.2) is 30.6 Å². The highest BCUT2D eigenvalue weighted by molar-refractivity contribution is 6.04. The highest BCUT2D eigenvalue weighted by Crippen LogP contribution is 2.20. The Balaban J connectivity index is 2.18. The molecule has 0 spiro atoms. The number of nitrogens with one attached hydrogen (secondary N) is 2. The van der Waals surface area contributed by atoms with E-state index in [2.05, 4.69) is 25.8 Å². The van der Waals surface area contributed by atoms with Crippen LogP contribution >= 0.6 is 0 Å². The molecule has 3 N–H and O–H groups in total. The van der Waals surface area contributed by atoms with Gasteiger partial charge >= 0.3 is 12.0 Å². The highest BCUT2D eigenvalue weighted by Gasteiger charge is 2.14. The van der Waals surface area contributed by atoms with Crippen LogP contribution in [0.25, 0.3) is 0 Å². The van der Waals surface area contributed by atoms with E-state index in [0.29, 0.717) is 5.56 Å². The Morgan fingerprint density at radius 1 is 1.20 bits per heavy atom. The predicted octanol–water partition coefficient (Wildman–Crippen LogP) is 1.52. The molecule has 2 rings (SSSR count). The second-order valence-corrected chi connectivity index (χ2v) is 3.85. The average Bonchev–Trinajstić information content (AvgIpc) is 2.42. The molecule has 0 saturated heterocycles. The Morgan fingerprint density at radius 2 is 2.00 bits per heavy atom. The maximum absolute atomic E-state index is 11.8. The van der Waals surface area contributed by atoms with E-state index in [0.717, 1.165) is 0 Å². The number of para-hydroxylation sites is 1. The van der Waals surface area contributed by atoms with E-state index in [9.17, 15) is 9.59 Å². The van der Waals surface area contributed by atoms with Gasteiger partial charge in [-0.25, -0.2) is 14.6 Å². The van der Waals surface area contributed by atoms with Crippen LogP contribution in [0.3, 0.4) is 0 Å². The van der Waals surface area contributed by atoms with Crippen molar-refractivity contribution in [3.05, 3.63) is 41.7 Å². The second kappa shape index (κ2) is 5.74. The van der Waals surface area contributed by atoms with E-state index in [1.54, 1.807) is 19.1 Å². The Labute approximate surface area is 113 Å². The molecule has 0 radical (unpaired) electrons. The SMILES string of the molecule is Cc1cccc(C(=O)O)c1NC(=O)Nc1nccnn1. The Kier molecular flexibility index (Phi) is 3.85. The van der Waals surface area contributed by atoms with Crippen molar-refractivity contribution < 1.29 is 14.7 Å². The van der Waals surface area contributed by atoms with Crippen molar-refractivity contribution in [1.29, 1.82) is 0 Å². The van der Waals surface area contributed by atoms with Crippen molar-refractivity contribution in [3.63, 3.8) is 0 Å². The van der Waals surface area contributed by atoms with Crippen LogP contribution in [0.5, 0.6) is 0 Å². The second-order valence-electron chi connectivity index (χ2n) is 3.85. The standard InChI is InChI=1S/C12H11N5O3/c1-7-3-2-4-8(10(18)19)9(7)15-12(20)16-11-13-5-6-14-17-11/h2-6H,1H3,(H,18,19)(H2,13,15,16,17,20). The molecule has 0 aliphatic heterocycles. The van der Waals surface area contributed by atoms with E-state index in [1.807, 2.05) is 0 Å². The lowest BCUT2D eigenvalue weighted by atomic mass is 10.1. The van der Waals surface area contributed by atoms with Gasteiger partial charge in [-0.3, -0.25) is 5.32 Å². The fraction of sp³-hybridized carbons (Fsp3) is 0.0833. The molecule has 0 atom stereocenters. The van der Waals surface area contributed by atoms with Crippen LogP contribution in [0.1, 0.15) is 15.9 Å². The number of carbonyl (C=O) groups is 2. The third-order valence-electron chi connectivity index (χ3n) is 2.45. The van der Waals surface area contributed by atoms with Crippen molar-refractivity contribution in [3.8, 4) is 0 Å². The maximum atomic E-state index is 11.8. The first-order chi connectivity index (χ1) is 9.58. The first-order valence-corrected chi connectivity index (χ1v) is 5.62. The molecule has 0 aliphatic rings. The van der Waals surface area contributed by atoms with Crippen LogP contribution in [0, 0.1) is 6.92 Å². The van der Waals surface area contributed by atoms with Crippen LogP contribution in [0.2, 0.25) is 0 Å². The van der Waals surface area contributed by atoms with Gasteiger partial charge in [-0.1, -0.05) is 12.1 Å². The number of rotatable bonds is 3. The predicted molar refractivity (Wildman–Crippen MR) is 70.6 cm³/mol. The summed E-state index contributed by atoms with van der Waals surface area (Å²) in [6.45, 7) is 1.70. The molecule has 1 aromatic carbocycles. The zero-order valence-corrected chi connectivity index (χ0v) is 10.5. The fourth-order valence-electron chi connectivity index (χ4n) is 1.56. The summed E-state index contributed by atoms with van der Waals surface area (Å²) in [5.74, 6) is -1.10. The minimum Gasteiger partial charge on any atom is -0.478 e. The van der Waals surface area contributed by atoms with Gasteiger partial charge < -0.3 is 10.4 Å². The average molecular weight is 273 g/mol. The Morgan fingerprint density at radius 3 is 2.65 bits per heavy atom. The number of aryl methyl sites for hydroxylation is 1. The third kappa shape index (κ3) is 3.05. The molecule has 0 fully saturated rings. The zero-order valence-electron chi connectivity index (χ0n) is 10.5. The van der Waals surface area contributed by atoms with Crippen molar-refractivity contribution in [2.75, 3.05) is 10.6 Å². The summed E-state index contributed by atoms with van der Waals surface area (Å²) in [5.41, 5.74) is 0.862. The van der Waals surface area contributed by atoms with E-state index in [4.69, 9.17) is 5.11 Å². The molecule has 8 nitrogen and oxygen atoms in total. The quantitative estimate of drug-likeness (QED) is 0.780. The maximum Gasteiger partial charge on any atom is 0.337 e. The number of anilines is 2. The lowest BCUT2D eigenvalue weighted by Crippen LogP contribution is -2.23. The molecule has 0 aliphatic carbocycles. The van der Waals surface area contributed by atoms with E-state index in [1.165, 1.54) is 18.5 Å². The number of benzene rings is 1. The Bertz CT molecular complexity index is 645. The number of carbonyl (C=O) groups excluding carboxylic acids is 1. The summed E-state index contributed by atoms with van der Waals surface area (Å²) < 4.78 is 0. The number of hydrogen-bond acceptors (Lipinski definition) is 5. The van der Waals surface area contributed by atoms with Crippen LogP contribution in [-0.4, -0.2) is 32.3 Å². The number of carboxylic acids is 1. The number of aromatic carboxylic acids is 1. The molecule has 8 heteroatoms. The summed E-state index contributed by atoms with van der Waals surface area (Å²) >= 11 is 0. The number of hydrogen-bond donors (Lipinski definition) is 3. The van der Waals surface area contributed by atoms with E-state index >= 15 is 0 Å². The van der Waals surface area contributed by atoms with Crippen LogP contribution < -0.4 is 10.6 Å². The van der Waals surface area contributed by atoms with Gasteiger partial charge in [-0.15, -0.1) is 5.10 Å².